The monoisotopic (exact) mass is 371 g/mol. The molecule has 0 saturated heterocycles. The fourth-order valence-electron chi connectivity index (χ4n) is 3.00. The number of primary sulfonamides is 1. The van der Waals surface area contributed by atoms with Crippen molar-refractivity contribution >= 4 is 21.9 Å². The number of nitrogens with zero attached hydrogens (tertiary/aromatic N) is 1. The summed E-state index contributed by atoms with van der Waals surface area (Å²) in [6.07, 6.45) is 3.62. The number of hydrogen-bond acceptors (Lipinski definition) is 6. The van der Waals surface area contributed by atoms with Crippen molar-refractivity contribution in [2.45, 2.75) is 42.9 Å². The zero-order valence-corrected chi connectivity index (χ0v) is 14.4. The van der Waals surface area contributed by atoms with Crippen LogP contribution in [0.3, 0.4) is 0 Å². The van der Waals surface area contributed by atoms with E-state index in [2.05, 4.69) is 5.32 Å². The summed E-state index contributed by atoms with van der Waals surface area (Å²) in [5, 5.41) is 16.3. The van der Waals surface area contributed by atoms with Gasteiger partial charge in [0.25, 0.3) is 15.9 Å². The summed E-state index contributed by atoms with van der Waals surface area (Å²) in [6.45, 7) is 0.797. The van der Waals surface area contributed by atoms with Crippen LogP contribution in [0.2, 0.25) is 0 Å². The third kappa shape index (κ3) is 4.59. The predicted octanol–water partition coefficient (Wildman–Crippen LogP) is -0.0156. The third-order valence-corrected chi connectivity index (χ3v) is 5.36. The van der Waals surface area contributed by atoms with Crippen molar-refractivity contribution in [3.8, 4) is 0 Å². The van der Waals surface area contributed by atoms with E-state index < -0.39 is 27.0 Å². The Morgan fingerprint density at radius 2 is 2.00 bits per heavy atom. The number of carboxylic acid groups (broad SMARTS) is 1. The lowest BCUT2D eigenvalue weighted by Crippen LogP contribution is -2.55. The van der Waals surface area contributed by atoms with Crippen LogP contribution < -0.4 is 10.5 Å². The van der Waals surface area contributed by atoms with Crippen LogP contribution in [0.15, 0.2) is 21.6 Å². The van der Waals surface area contributed by atoms with Gasteiger partial charge in [0, 0.05) is 18.6 Å². The van der Waals surface area contributed by atoms with Crippen molar-refractivity contribution in [1.29, 1.82) is 0 Å². The zero-order valence-electron chi connectivity index (χ0n) is 13.6. The van der Waals surface area contributed by atoms with Gasteiger partial charge in [-0.05, 0) is 43.7 Å². The molecule has 1 aromatic rings. The number of hydrogen-bond donors (Lipinski definition) is 3. The Hall–Kier alpha value is -1.91. The first-order valence-electron chi connectivity index (χ1n) is 8.11. The van der Waals surface area contributed by atoms with Gasteiger partial charge in [0.1, 0.15) is 0 Å². The van der Waals surface area contributed by atoms with Gasteiger partial charge in [-0.15, -0.1) is 0 Å². The van der Waals surface area contributed by atoms with E-state index in [1.807, 2.05) is 4.90 Å². The maximum absolute atomic E-state index is 12.1. The number of carbonyl (C=O) groups is 2. The highest BCUT2D eigenvalue weighted by Crippen LogP contribution is 2.33. The first-order chi connectivity index (χ1) is 11.7. The van der Waals surface area contributed by atoms with Gasteiger partial charge < -0.3 is 14.8 Å². The minimum absolute atomic E-state index is 0.0116. The second-order valence-corrected chi connectivity index (χ2v) is 8.22. The molecule has 0 spiro atoms. The fourth-order valence-corrected chi connectivity index (χ4v) is 3.47. The quantitative estimate of drug-likeness (QED) is 0.583. The van der Waals surface area contributed by atoms with E-state index in [9.17, 15) is 18.0 Å². The van der Waals surface area contributed by atoms with Crippen LogP contribution >= 0.6 is 0 Å². The molecule has 2 aliphatic carbocycles. The van der Waals surface area contributed by atoms with Crippen molar-refractivity contribution in [1.82, 2.24) is 10.2 Å². The summed E-state index contributed by atoms with van der Waals surface area (Å²) in [6, 6.07) is 2.45. The minimum atomic E-state index is -3.98. The summed E-state index contributed by atoms with van der Waals surface area (Å²) in [5.74, 6) is -0.884. The van der Waals surface area contributed by atoms with Crippen LogP contribution in [-0.4, -0.2) is 55.5 Å². The summed E-state index contributed by atoms with van der Waals surface area (Å²) in [7, 11) is -3.98. The Labute approximate surface area is 145 Å². The molecule has 10 heteroatoms. The molecule has 1 heterocycles. The predicted molar refractivity (Wildman–Crippen MR) is 86.3 cm³/mol. The Morgan fingerprint density at radius 1 is 1.32 bits per heavy atom. The van der Waals surface area contributed by atoms with Gasteiger partial charge in [-0.3, -0.25) is 14.5 Å². The number of sulfonamides is 1. The number of nitrogens with one attached hydrogen (secondary N) is 1. The molecular weight excluding hydrogens is 350 g/mol. The molecule has 138 valence electrons. The van der Waals surface area contributed by atoms with Gasteiger partial charge in [-0.1, -0.05) is 0 Å². The van der Waals surface area contributed by atoms with Gasteiger partial charge in [-0.2, -0.15) is 0 Å². The molecular formula is C15H21N3O6S. The third-order valence-electron chi connectivity index (χ3n) is 4.58. The van der Waals surface area contributed by atoms with Crippen molar-refractivity contribution in [2.75, 3.05) is 13.1 Å². The van der Waals surface area contributed by atoms with Gasteiger partial charge in [0.05, 0.1) is 6.54 Å². The number of carbonyl (C=O) groups excluding carboxylic acids is 1. The number of rotatable bonds is 8. The molecule has 2 aliphatic rings. The lowest BCUT2D eigenvalue weighted by molar-refractivity contribution is -0.139. The van der Waals surface area contributed by atoms with Crippen molar-refractivity contribution < 1.29 is 27.5 Å². The van der Waals surface area contributed by atoms with Crippen molar-refractivity contribution in [3.63, 3.8) is 0 Å². The van der Waals surface area contributed by atoms with Crippen molar-refractivity contribution in [2.24, 2.45) is 11.1 Å². The van der Waals surface area contributed by atoms with Crippen LogP contribution in [0.1, 0.15) is 36.2 Å². The zero-order chi connectivity index (χ0) is 18.2. The minimum Gasteiger partial charge on any atom is -0.480 e. The molecule has 2 saturated carbocycles. The summed E-state index contributed by atoms with van der Waals surface area (Å²) in [4.78, 5) is 25.0. The largest absolute Gasteiger partial charge is 0.480 e. The molecule has 0 radical (unpaired) electrons. The normalized spacial score (nSPS) is 23.3. The van der Waals surface area contributed by atoms with Crippen LogP contribution in [0.5, 0.6) is 0 Å². The number of furan rings is 1. The number of nitrogens with two attached hydrogens (primary N) is 1. The Balaban J connectivity index is 1.51. The van der Waals surface area contributed by atoms with E-state index in [4.69, 9.17) is 14.7 Å². The number of aliphatic carboxylic acids is 1. The Kier molecular flexibility index (Phi) is 4.85. The number of carboxylic acids is 1. The van der Waals surface area contributed by atoms with E-state index in [1.54, 1.807) is 0 Å². The molecule has 0 aromatic carbocycles. The highest BCUT2D eigenvalue weighted by atomic mass is 32.2. The topological polar surface area (TPSA) is 143 Å². The first-order valence-corrected chi connectivity index (χ1v) is 9.66. The maximum Gasteiger partial charge on any atom is 0.317 e. The van der Waals surface area contributed by atoms with Gasteiger partial charge in [0.2, 0.25) is 5.09 Å². The molecule has 1 amide bonds. The van der Waals surface area contributed by atoms with Crippen LogP contribution in [0.4, 0.5) is 0 Å². The molecule has 1 aromatic heterocycles. The molecule has 3 rings (SSSR count). The highest BCUT2D eigenvalue weighted by Gasteiger charge is 2.38. The van der Waals surface area contributed by atoms with Gasteiger partial charge >= 0.3 is 5.97 Å². The summed E-state index contributed by atoms with van der Waals surface area (Å²) in [5.41, 5.74) is 0. The van der Waals surface area contributed by atoms with Gasteiger partial charge in [0.15, 0.2) is 5.76 Å². The van der Waals surface area contributed by atoms with Crippen LogP contribution in [0, 0.1) is 5.92 Å². The van der Waals surface area contributed by atoms with Crippen LogP contribution in [0.25, 0.3) is 0 Å². The standard InChI is InChI=1S/C15H21N3O6S/c16-25(22,23)14-4-3-12(24-14)15(21)17-10-5-11(6-10)18(8-13(19)20)7-9-1-2-9/h3-4,9-11H,1-2,5-8H2,(H,17,21)(H,19,20)(H2,16,22,23). The average molecular weight is 371 g/mol. The Morgan fingerprint density at radius 3 is 2.52 bits per heavy atom. The average Bonchev–Trinajstić information content (AvgIpc) is 3.11. The molecule has 0 atom stereocenters. The second-order valence-electron chi connectivity index (χ2n) is 6.73. The lowest BCUT2D eigenvalue weighted by Gasteiger charge is -2.42. The van der Waals surface area contributed by atoms with E-state index in [1.165, 1.54) is 6.07 Å². The van der Waals surface area contributed by atoms with Gasteiger partial charge in [-0.25, -0.2) is 13.6 Å². The van der Waals surface area contributed by atoms with E-state index in [0.717, 1.165) is 25.5 Å². The van der Waals surface area contributed by atoms with E-state index >= 15 is 0 Å². The smallest absolute Gasteiger partial charge is 0.317 e. The second kappa shape index (κ2) is 6.77. The van der Waals surface area contributed by atoms with Crippen LogP contribution in [-0.2, 0) is 14.8 Å². The summed E-state index contributed by atoms with van der Waals surface area (Å²) < 4.78 is 27.3. The lowest BCUT2D eigenvalue weighted by atomic mass is 9.85. The molecule has 4 N–H and O–H groups in total. The Bertz CT molecular complexity index is 764. The van der Waals surface area contributed by atoms with E-state index in [-0.39, 0.29) is 24.4 Å². The van der Waals surface area contributed by atoms with Crippen molar-refractivity contribution in [3.05, 3.63) is 17.9 Å². The van der Waals surface area contributed by atoms with E-state index in [0.29, 0.717) is 18.8 Å². The number of amides is 1. The molecule has 25 heavy (non-hydrogen) atoms. The molecule has 0 unspecified atom stereocenters. The molecule has 2 fully saturated rings. The molecule has 0 aliphatic heterocycles. The molecule has 0 bridgehead atoms. The maximum atomic E-state index is 12.1. The first kappa shape index (κ1) is 17.9. The highest BCUT2D eigenvalue weighted by molar-refractivity contribution is 7.89. The molecule has 9 nitrogen and oxygen atoms in total. The SMILES string of the molecule is NS(=O)(=O)c1ccc(C(=O)NC2CC(N(CC(=O)O)CC3CC3)C2)o1. The summed E-state index contributed by atoms with van der Waals surface area (Å²) >= 11 is 0. The fraction of sp³-hybridized carbons (Fsp3) is 0.600.